The average molecular weight is 392 g/mol. The van der Waals surface area contributed by atoms with Gasteiger partial charge in [0, 0.05) is 18.7 Å². The molecule has 0 amide bonds. The van der Waals surface area contributed by atoms with Gasteiger partial charge in [-0.2, -0.15) is 5.10 Å². The lowest BCUT2D eigenvalue weighted by molar-refractivity contribution is 0.226. The maximum atomic E-state index is 6.74. The van der Waals surface area contributed by atoms with Gasteiger partial charge in [-0.15, -0.1) is 0 Å². The third kappa shape index (κ3) is 4.19. The third-order valence-corrected chi connectivity index (χ3v) is 5.10. The highest BCUT2D eigenvalue weighted by atomic mass is 35.5. The molecule has 142 valence electrons. The maximum absolute atomic E-state index is 6.74. The first-order chi connectivity index (χ1) is 13.7. The number of aryl methyl sites for hydroxylation is 1. The topological polar surface area (TPSA) is 34.2 Å². The van der Waals surface area contributed by atoms with Crippen LogP contribution in [0.5, 0.6) is 0 Å². The van der Waals surface area contributed by atoms with Gasteiger partial charge in [0.05, 0.1) is 24.2 Å². The van der Waals surface area contributed by atoms with E-state index in [0.717, 1.165) is 29.2 Å². The fourth-order valence-electron chi connectivity index (χ4n) is 3.31. The van der Waals surface area contributed by atoms with Crippen molar-refractivity contribution in [2.45, 2.75) is 26.6 Å². The molecule has 0 saturated carbocycles. The first kappa shape index (κ1) is 18.5. The molecule has 0 atom stereocenters. The summed E-state index contributed by atoms with van der Waals surface area (Å²) in [6, 6.07) is 24.3. The standard InChI is InChI=1S/C23H22ClN3O/c1-18-22(23(24)27(25-18)20-11-6-3-7-12-20)17-26(16-21-13-8-14-28-21)15-19-9-4-2-5-10-19/h2-14H,15-17H2,1H3. The van der Waals surface area contributed by atoms with Crippen LogP contribution in [0, 0.1) is 6.92 Å². The summed E-state index contributed by atoms with van der Waals surface area (Å²) in [5, 5.41) is 5.33. The van der Waals surface area contributed by atoms with Gasteiger partial charge in [-0.05, 0) is 36.8 Å². The summed E-state index contributed by atoms with van der Waals surface area (Å²) in [5.41, 5.74) is 4.18. The second-order valence-corrected chi connectivity index (χ2v) is 7.17. The largest absolute Gasteiger partial charge is 0.468 e. The number of benzene rings is 2. The summed E-state index contributed by atoms with van der Waals surface area (Å²) >= 11 is 6.74. The van der Waals surface area contributed by atoms with Crippen molar-refractivity contribution in [3.63, 3.8) is 0 Å². The van der Waals surface area contributed by atoms with Crippen LogP contribution in [0.3, 0.4) is 0 Å². The van der Waals surface area contributed by atoms with Gasteiger partial charge in [0.1, 0.15) is 10.9 Å². The molecule has 0 saturated heterocycles. The van der Waals surface area contributed by atoms with Crippen molar-refractivity contribution < 1.29 is 4.42 Å². The normalized spacial score (nSPS) is 11.2. The van der Waals surface area contributed by atoms with Crippen LogP contribution in [-0.2, 0) is 19.6 Å². The van der Waals surface area contributed by atoms with Crippen LogP contribution in [0.25, 0.3) is 5.69 Å². The molecular weight excluding hydrogens is 370 g/mol. The molecule has 5 heteroatoms. The van der Waals surface area contributed by atoms with Crippen molar-refractivity contribution in [1.82, 2.24) is 14.7 Å². The number of hydrogen-bond donors (Lipinski definition) is 0. The van der Waals surface area contributed by atoms with E-state index >= 15 is 0 Å². The number of rotatable bonds is 7. The zero-order valence-corrected chi connectivity index (χ0v) is 16.5. The van der Waals surface area contributed by atoms with Crippen LogP contribution < -0.4 is 0 Å². The van der Waals surface area contributed by atoms with Crippen LogP contribution in [0.15, 0.2) is 83.5 Å². The van der Waals surface area contributed by atoms with E-state index in [4.69, 9.17) is 16.0 Å². The van der Waals surface area contributed by atoms with E-state index in [1.807, 2.05) is 55.5 Å². The van der Waals surface area contributed by atoms with Crippen LogP contribution in [-0.4, -0.2) is 14.7 Å². The molecule has 4 aromatic rings. The molecule has 0 N–H and O–H groups in total. The van der Waals surface area contributed by atoms with E-state index in [1.54, 1.807) is 10.9 Å². The Morgan fingerprint density at radius 2 is 1.61 bits per heavy atom. The van der Waals surface area contributed by atoms with Gasteiger partial charge >= 0.3 is 0 Å². The van der Waals surface area contributed by atoms with Gasteiger partial charge in [-0.3, -0.25) is 4.90 Å². The van der Waals surface area contributed by atoms with Crippen molar-refractivity contribution in [3.8, 4) is 5.69 Å². The minimum Gasteiger partial charge on any atom is -0.468 e. The lowest BCUT2D eigenvalue weighted by atomic mass is 10.2. The van der Waals surface area contributed by atoms with Gasteiger partial charge in [0.2, 0.25) is 0 Å². The molecule has 0 aliphatic heterocycles. The minimum absolute atomic E-state index is 0.654. The zero-order valence-electron chi connectivity index (χ0n) is 15.8. The first-order valence-electron chi connectivity index (χ1n) is 9.29. The maximum Gasteiger partial charge on any atom is 0.137 e. The van der Waals surface area contributed by atoms with E-state index in [1.165, 1.54) is 5.56 Å². The molecule has 0 aliphatic rings. The van der Waals surface area contributed by atoms with E-state index in [9.17, 15) is 0 Å². The molecule has 0 radical (unpaired) electrons. The van der Waals surface area contributed by atoms with E-state index in [0.29, 0.717) is 18.2 Å². The highest BCUT2D eigenvalue weighted by molar-refractivity contribution is 6.30. The van der Waals surface area contributed by atoms with Crippen molar-refractivity contribution in [3.05, 3.63) is 107 Å². The third-order valence-electron chi connectivity index (χ3n) is 4.71. The van der Waals surface area contributed by atoms with Crippen LogP contribution in [0.1, 0.15) is 22.6 Å². The van der Waals surface area contributed by atoms with Crippen LogP contribution >= 0.6 is 11.6 Å². The fourth-order valence-corrected chi connectivity index (χ4v) is 3.64. The number of halogens is 1. The van der Waals surface area contributed by atoms with Crippen molar-refractivity contribution >= 4 is 11.6 Å². The lowest BCUT2D eigenvalue weighted by Gasteiger charge is -2.21. The van der Waals surface area contributed by atoms with E-state index < -0.39 is 0 Å². The summed E-state index contributed by atoms with van der Waals surface area (Å²) in [5.74, 6) is 0.931. The van der Waals surface area contributed by atoms with Crippen molar-refractivity contribution in [2.24, 2.45) is 0 Å². The number of aromatic nitrogens is 2. The molecule has 0 bridgehead atoms. The number of hydrogen-bond acceptors (Lipinski definition) is 3. The van der Waals surface area contributed by atoms with Gasteiger partial charge in [-0.1, -0.05) is 60.1 Å². The smallest absolute Gasteiger partial charge is 0.137 e. The molecule has 2 aromatic heterocycles. The lowest BCUT2D eigenvalue weighted by Crippen LogP contribution is -2.22. The molecule has 4 rings (SSSR count). The van der Waals surface area contributed by atoms with Crippen LogP contribution in [0.2, 0.25) is 5.15 Å². The predicted molar refractivity (Wildman–Crippen MR) is 111 cm³/mol. The Bertz CT molecular complexity index is 1010. The number of nitrogens with zero attached hydrogens (tertiary/aromatic N) is 3. The minimum atomic E-state index is 0.654. The molecule has 0 fully saturated rings. The second-order valence-electron chi connectivity index (χ2n) is 6.81. The summed E-state index contributed by atoms with van der Waals surface area (Å²) < 4.78 is 7.38. The summed E-state index contributed by atoms with van der Waals surface area (Å²) in [6.07, 6.45) is 1.71. The Hall–Kier alpha value is -2.82. The Labute approximate surface area is 170 Å². The average Bonchev–Trinajstić information content (AvgIpc) is 3.33. The fraction of sp³-hybridized carbons (Fsp3) is 0.174. The quantitative estimate of drug-likeness (QED) is 0.409. The Morgan fingerprint density at radius 3 is 2.29 bits per heavy atom. The summed E-state index contributed by atoms with van der Waals surface area (Å²) in [6.45, 7) is 4.20. The molecule has 0 spiro atoms. The molecule has 0 unspecified atom stereocenters. The molecule has 4 nitrogen and oxygen atoms in total. The summed E-state index contributed by atoms with van der Waals surface area (Å²) in [4.78, 5) is 2.32. The Kier molecular flexibility index (Phi) is 5.60. The highest BCUT2D eigenvalue weighted by Gasteiger charge is 2.19. The highest BCUT2D eigenvalue weighted by Crippen LogP contribution is 2.26. The van der Waals surface area contributed by atoms with E-state index in [2.05, 4.69) is 34.3 Å². The molecule has 2 aromatic carbocycles. The number of furan rings is 1. The molecule has 2 heterocycles. The van der Waals surface area contributed by atoms with E-state index in [-0.39, 0.29) is 0 Å². The second kappa shape index (κ2) is 8.46. The first-order valence-corrected chi connectivity index (χ1v) is 9.66. The SMILES string of the molecule is Cc1nn(-c2ccccc2)c(Cl)c1CN(Cc1ccccc1)Cc1ccco1. The summed E-state index contributed by atoms with van der Waals surface area (Å²) in [7, 11) is 0. The van der Waals surface area contributed by atoms with Gasteiger partial charge in [0.15, 0.2) is 0 Å². The molecule has 28 heavy (non-hydrogen) atoms. The zero-order chi connectivity index (χ0) is 19.3. The van der Waals surface area contributed by atoms with Crippen molar-refractivity contribution in [1.29, 1.82) is 0 Å². The Balaban J connectivity index is 1.62. The Morgan fingerprint density at radius 1 is 0.893 bits per heavy atom. The predicted octanol–water partition coefficient (Wildman–Crippen LogP) is 5.63. The van der Waals surface area contributed by atoms with Crippen molar-refractivity contribution in [2.75, 3.05) is 0 Å². The van der Waals surface area contributed by atoms with Crippen LogP contribution in [0.4, 0.5) is 0 Å². The van der Waals surface area contributed by atoms with Gasteiger partial charge < -0.3 is 4.42 Å². The van der Waals surface area contributed by atoms with Gasteiger partial charge in [-0.25, -0.2) is 4.68 Å². The number of para-hydroxylation sites is 1. The molecular formula is C23H22ClN3O. The monoisotopic (exact) mass is 391 g/mol. The molecule has 0 aliphatic carbocycles. The van der Waals surface area contributed by atoms with Gasteiger partial charge in [0.25, 0.3) is 0 Å².